The summed E-state index contributed by atoms with van der Waals surface area (Å²) in [6.45, 7) is 2.67. The van der Waals surface area contributed by atoms with E-state index in [1.807, 2.05) is 61.0 Å². The molecule has 29 heavy (non-hydrogen) atoms. The standard InChI is InChI=1S/C23H20N4O2/c1-14-24-19-13-17(6-8-20(19)27(14)2)23(28)26-22-5-3-4-18(25-22)15-7-9-21-16(12-15)10-11-29-21/h3-9,12-13H,10-11H2,1-2H3,(H,25,26,28). The number of amides is 1. The van der Waals surface area contributed by atoms with Crippen LogP contribution in [-0.4, -0.2) is 27.0 Å². The Morgan fingerprint density at radius 3 is 2.90 bits per heavy atom. The van der Waals surface area contributed by atoms with Crippen molar-refractivity contribution in [2.75, 3.05) is 11.9 Å². The number of carbonyl (C=O) groups is 1. The first-order valence-electron chi connectivity index (χ1n) is 9.56. The first-order valence-corrected chi connectivity index (χ1v) is 9.56. The molecular weight excluding hydrogens is 364 g/mol. The van der Waals surface area contributed by atoms with Crippen molar-refractivity contribution < 1.29 is 9.53 Å². The maximum absolute atomic E-state index is 12.7. The van der Waals surface area contributed by atoms with Crippen LogP contribution in [0.5, 0.6) is 5.75 Å². The molecule has 1 amide bonds. The lowest BCUT2D eigenvalue weighted by Gasteiger charge is -2.08. The average molecular weight is 384 g/mol. The maximum Gasteiger partial charge on any atom is 0.256 e. The highest BCUT2D eigenvalue weighted by Crippen LogP contribution is 2.30. The van der Waals surface area contributed by atoms with E-state index in [2.05, 4.69) is 21.4 Å². The molecule has 1 aliphatic heterocycles. The summed E-state index contributed by atoms with van der Waals surface area (Å²) in [5, 5.41) is 2.90. The number of fused-ring (bicyclic) bond motifs is 2. The number of hydrogen-bond acceptors (Lipinski definition) is 4. The monoisotopic (exact) mass is 384 g/mol. The molecule has 3 heterocycles. The molecule has 0 spiro atoms. The number of ether oxygens (including phenoxy) is 1. The zero-order chi connectivity index (χ0) is 20.0. The van der Waals surface area contributed by atoms with Crippen LogP contribution in [0.4, 0.5) is 5.82 Å². The molecule has 2 aromatic carbocycles. The largest absolute Gasteiger partial charge is 0.493 e. The fourth-order valence-electron chi connectivity index (χ4n) is 3.66. The molecule has 0 fully saturated rings. The molecule has 4 aromatic rings. The highest BCUT2D eigenvalue weighted by Gasteiger charge is 2.14. The number of anilines is 1. The zero-order valence-electron chi connectivity index (χ0n) is 16.3. The molecule has 0 saturated carbocycles. The zero-order valence-corrected chi connectivity index (χ0v) is 16.3. The highest BCUT2D eigenvalue weighted by molar-refractivity contribution is 6.05. The van der Waals surface area contributed by atoms with E-state index in [0.29, 0.717) is 11.4 Å². The molecule has 144 valence electrons. The van der Waals surface area contributed by atoms with Gasteiger partial charge in [0.1, 0.15) is 17.4 Å². The smallest absolute Gasteiger partial charge is 0.256 e. The lowest BCUT2D eigenvalue weighted by molar-refractivity contribution is 0.102. The van der Waals surface area contributed by atoms with E-state index in [4.69, 9.17) is 4.74 Å². The van der Waals surface area contributed by atoms with Gasteiger partial charge in [0.05, 0.1) is 23.3 Å². The molecule has 0 unspecified atom stereocenters. The molecule has 6 nitrogen and oxygen atoms in total. The number of imidazole rings is 1. The van der Waals surface area contributed by atoms with Gasteiger partial charge in [0.2, 0.25) is 0 Å². The molecule has 1 N–H and O–H groups in total. The van der Waals surface area contributed by atoms with Crippen molar-refractivity contribution in [1.82, 2.24) is 14.5 Å². The molecular formula is C23H20N4O2. The van der Waals surface area contributed by atoms with Crippen molar-refractivity contribution in [2.45, 2.75) is 13.3 Å². The first-order chi connectivity index (χ1) is 14.1. The van der Waals surface area contributed by atoms with Crippen LogP contribution in [0.1, 0.15) is 21.7 Å². The summed E-state index contributed by atoms with van der Waals surface area (Å²) in [5.41, 5.74) is 5.37. The van der Waals surface area contributed by atoms with Crippen LogP contribution >= 0.6 is 0 Å². The molecule has 0 bridgehead atoms. The Bertz CT molecular complexity index is 1260. The molecule has 5 rings (SSSR count). The average Bonchev–Trinajstić information content (AvgIpc) is 3.31. The van der Waals surface area contributed by atoms with Gasteiger partial charge in [-0.1, -0.05) is 6.07 Å². The predicted octanol–water partition coefficient (Wildman–Crippen LogP) is 4.13. The van der Waals surface area contributed by atoms with Gasteiger partial charge in [-0.15, -0.1) is 0 Å². The number of carbonyl (C=O) groups excluding carboxylic acids is 1. The van der Waals surface area contributed by atoms with Crippen LogP contribution in [0.3, 0.4) is 0 Å². The lowest BCUT2D eigenvalue weighted by atomic mass is 10.1. The quantitative estimate of drug-likeness (QED) is 0.577. The lowest BCUT2D eigenvalue weighted by Crippen LogP contribution is -2.13. The third-order valence-corrected chi connectivity index (χ3v) is 5.34. The summed E-state index contributed by atoms with van der Waals surface area (Å²) < 4.78 is 7.57. The number of nitrogens with one attached hydrogen (secondary N) is 1. The van der Waals surface area contributed by atoms with E-state index in [0.717, 1.165) is 46.9 Å². The maximum atomic E-state index is 12.7. The van der Waals surface area contributed by atoms with Crippen LogP contribution in [0, 0.1) is 6.92 Å². The van der Waals surface area contributed by atoms with E-state index in [1.165, 1.54) is 5.56 Å². The highest BCUT2D eigenvalue weighted by atomic mass is 16.5. The molecule has 1 aliphatic rings. The van der Waals surface area contributed by atoms with Crippen molar-refractivity contribution in [3.05, 3.63) is 71.5 Å². The third-order valence-electron chi connectivity index (χ3n) is 5.34. The van der Waals surface area contributed by atoms with Crippen molar-refractivity contribution in [1.29, 1.82) is 0 Å². The topological polar surface area (TPSA) is 69.0 Å². The van der Waals surface area contributed by atoms with Crippen LogP contribution in [-0.2, 0) is 13.5 Å². The second-order valence-corrected chi connectivity index (χ2v) is 7.20. The SMILES string of the molecule is Cc1nc2cc(C(=O)Nc3cccc(-c4ccc5c(c4)CCO5)n3)ccc2n1C. The van der Waals surface area contributed by atoms with Crippen molar-refractivity contribution in [2.24, 2.45) is 7.05 Å². The van der Waals surface area contributed by atoms with Gasteiger partial charge in [-0.05, 0) is 61.0 Å². The van der Waals surface area contributed by atoms with E-state index < -0.39 is 0 Å². The molecule has 0 aliphatic carbocycles. The number of aryl methyl sites for hydroxylation is 2. The Balaban J connectivity index is 1.40. The molecule has 6 heteroatoms. The number of hydrogen-bond donors (Lipinski definition) is 1. The summed E-state index contributed by atoms with van der Waals surface area (Å²) in [5.74, 6) is 2.16. The molecule has 0 saturated heterocycles. The van der Waals surface area contributed by atoms with Gasteiger partial charge < -0.3 is 14.6 Å². The van der Waals surface area contributed by atoms with E-state index in [1.54, 1.807) is 6.07 Å². The van der Waals surface area contributed by atoms with Gasteiger partial charge in [-0.3, -0.25) is 4.79 Å². The second kappa shape index (κ2) is 6.74. The van der Waals surface area contributed by atoms with Gasteiger partial charge in [-0.2, -0.15) is 0 Å². The van der Waals surface area contributed by atoms with Crippen LogP contribution < -0.4 is 10.1 Å². The Hall–Kier alpha value is -3.67. The summed E-state index contributed by atoms with van der Waals surface area (Å²) in [6, 6.07) is 17.2. The Kier molecular flexibility index (Phi) is 4.05. The Morgan fingerprint density at radius 1 is 1.10 bits per heavy atom. The number of rotatable bonds is 3. The van der Waals surface area contributed by atoms with Crippen LogP contribution in [0.2, 0.25) is 0 Å². The molecule has 0 radical (unpaired) electrons. The third kappa shape index (κ3) is 3.12. The first kappa shape index (κ1) is 17.4. The Labute approximate surface area is 168 Å². The summed E-state index contributed by atoms with van der Waals surface area (Å²) >= 11 is 0. The van der Waals surface area contributed by atoms with Gasteiger partial charge in [0.15, 0.2) is 0 Å². The predicted molar refractivity (Wildman–Crippen MR) is 112 cm³/mol. The summed E-state index contributed by atoms with van der Waals surface area (Å²) in [6.07, 6.45) is 0.912. The van der Waals surface area contributed by atoms with Crippen molar-refractivity contribution >= 4 is 22.8 Å². The Morgan fingerprint density at radius 2 is 2.00 bits per heavy atom. The number of pyridine rings is 1. The van der Waals surface area contributed by atoms with Crippen LogP contribution in [0.25, 0.3) is 22.3 Å². The van der Waals surface area contributed by atoms with E-state index >= 15 is 0 Å². The van der Waals surface area contributed by atoms with Gasteiger partial charge in [0.25, 0.3) is 5.91 Å². The van der Waals surface area contributed by atoms with Crippen molar-refractivity contribution in [3.63, 3.8) is 0 Å². The number of nitrogens with zero attached hydrogens (tertiary/aromatic N) is 3. The summed E-state index contributed by atoms with van der Waals surface area (Å²) in [4.78, 5) is 21.9. The normalized spacial score (nSPS) is 12.6. The fourth-order valence-corrected chi connectivity index (χ4v) is 3.66. The number of aromatic nitrogens is 3. The summed E-state index contributed by atoms with van der Waals surface area (Å²) in [7, 11) is 1.96. The minimum atomic E-state index is -0.206. The van der Waals surface area contributed by atoms with Crippen molar-refractivity contribution in [3.8, 4) is 17.0 Å². The van der Waals surface area contributed by atoms with Gasteiger partial charge >= 0.3 is 0 Å². The second-order valence-electron chi connectivity index (χ2n) is 7.20. The number of benzene rings is 2. The van der Waals surface area contributed by atoms with Gasteiger partial charge in [-0.25, -0.2) is 9.97 Å². The van der Waals surface area contributed by atoms with Gasteiger partial charge in [0, 0.05) is 24.6 Å². The molecule has 2 aromatic heterocycles. The van der Waals surface area contributed by atoms with Crippen LogP contribution in [0.15, 0.2) is 54.6 Å². The molecule has 0 atom stereocenters. The minimum Gasteiger partial charge on any atom is -0.493 e. The minimum absolute atomic E-state index is 0.206. The van der Waals surface area contributed by atoms with E-state index in [-0.39, 0.29) is 5.91 Å². The fraction of sp³-hybridized carbons (Fsp3) is 0.174. The van der Waals surface area contributed by atoms with E-state index in [9.17, 15) is 4.79 Å².